The van der Waals surface area contributed by atoms with Gasteiger partial charge in [0.2, 0.25) is 0 Å². The highest BCUT2D eigenvalue weighted by atomic mass is 16.5. The van der Waals surface area contributed by atoms with E-state index < -0.39 is 5.97 Å². The summed E-state index contributed by atoms with van der Waals surface area (Å²) >= 11 is 0. The van der Waals surface area contributed by atoms with Crippen LogP contribution in [0.1, 0.15) is 39.5 Å². The van der Waals surface area contributed by atoms with Gasteiger partial charge in [-0.15, -0.1) is 0 Å². The van der Waals surface area contributed by atoms with Gasteiger partial charge in [0.15, 0.2) is 0 Å². The van der Waals surface area contributed by atoms with Gasteiger partial charge in [-0.2, -0.15) is 0 Å². The van der Waals surface area contributed by atoms with Gasteiger partial charge in [-0.1, -0.05) is 6.92 Å². The third-order valence-corrected chi connectivity index (χ3v) is 2.51. The second kappa shape index (κ2) is 10.9. The Morgan fingerprint density at radius 1 is 1.38 bits per heavy atom. The largest absolute Gasteiger partial charge is 0.481 e. The van der Waals surface area contributed by atoms with E-state index >= 15 is 0 Å². The van der Waals surface area contributed by atoms with Crippen molar-refractivity contribution in [1.29, 1.82) is 0 Å². The molecule has 0 aliphatic heterocycles. The number of rotatable bonds is 11. The maximum Gasteiger partial charge on any atom is 0.303 e. The first kappa shape index (κ1) is 15.4. The quantitative estimate of drug-likeness (QED) is 0.533. The maximum atomic E-state index is 10.4. The van der Waals surface area contributed by atoms with Crippen LogP contribution in [0.25, 0.3) is 0 Å². The van der Waals surface area contributed by atoms with Gasteiger partial charge in [-0.05, 0) is 45.2 Å². The summed E-state index contributed by atoms with van der Waals surface area (Å²) in [4.78, 5) is 10.4. The van der Waals surface area contributed by atoms with E-state index in [2.05, 4.69) is 12.2 Å². The third-order valence-electron chi connectivity index (χ3n) is 2.51. The highest BCUT2D eigenvalue weighted by Gasteiger charge is 2.04. The van der Waals surface area contributed by atoms with Crippen molar-refractivity contribution in [2.45, 2.75) is 39.5 Å². The van der Waals surface area contributed by atoms with Crippen molar-refractivity contribution in [3.05, 3.63) is 0 Å². The van der Waals surface area contributed by atoms with Crippen LogP contribution in [0.4, 0.5) is 0 Å². The molecule has 1 atom stereocenters. The second-order valence-electron chi connectivity index (χ2n) is 4.13. The highest BCUT2D eigenvalue weighted by Crippen LogP contribution is 2.08. The molecule has 0 saturated heterocycles. The van der Waals surface area contributed by atoms with Crippen molar-refractivity contribution in [1.82, 2.24) is 5.32 Å². The molecule has 0 aromatic rings. The minimum Gasteiger partial charge on any atom is -0.481 e. The van der Waals surface area contributed by atoms with E-state index in [1.807, 2.05) is 6.92 Å². The van der Waals surface area contributed by atoms with Crippen LogP contribution in [0.3, 0.4) is 0 Å². The SMILES string of the molecule is CCOCCCNCCC(C)CCC(=O)O. The predicted octanol–water partition coefficient (Wildman–Crippen LogP) is 1.89. The summed E-state index contributed by atoms with van der Waals surface area (Å²) in [6.07, 6.45) is 3.14. The molecule has 4 heteroatoms. The van der Waals surface area contributed by atoms with Crippen LogP contribution >= 0.6 is 0 Å². The number of carboxylic acids is 1. The number of carbonyl (C=O) groups is 1. The van der Waals surface area contributed by atoms with E-state index in [0.29, 0.717) is 5.92 Å². The predicted molar refractivity (Wildman–Crippen MR) is 64.6 cm³/mol. The van der Waals surface area contributed by atoms with Crippen molar-refractivity contribution in [2.75, 3.05) is 26.3 Å². The summed E-state index contributed by atoms with van der Waals surface area (Å²) in [5.41, 5.74) is 0. The van der Waals surface area contributed by atoms with E-state index in [4.69, 9.17) is 9.84 Å². The van der Waals surface area contributed by atoms with Crippen LogP contribution in [-0.4, -0.2) is 37.4 Å². The molecule has 0 aromatic heterocycles. The Bertz CT molecular complexity index is 174. The summed E-state index contributed by atoms with van der Waals surface area (Å²) < 4.78 is 5.22. The lowest BCUT2D eigenvalue weighted by atomic mass is 10.0. The number of hydrogen-bond acceptors (Lipinski definition) is 3. The van der Waals surface area contributed by atoms with Crippen molar-refractivity contribution in [3.8, 4) is 0 Å². The molecule has 0 fully saturated rings. The number of aliphatic carboxylic acids is 1. The average Bonchev–Trinajstić information content (AvgIpc) is 2.25. The van der Waals surface area contributed by atoms with Crippen molar-refractivity contribution < 1.29 is 14.6 Å². The fourth-order valence-corrected chi connectivity index (χ4v) is 1.43. The average molecular weight is 231 g/mol. The Kier molecular flexibility index (Phi) is 10.5. The number of nitrogens with one attached hydrogen (secondary N) is 1. The molecular formula is C12H25NO3. The van der Waals surface area contributed by atoms with Gasteiger partial charge in [0, 0.05) is 19.6 Å². The Morgan fingerprint density at radius 3 is 2.75 bits per heavy atom. The molecule has 4 nitrogen and oxygen atoms in total. The van der Waals surface area contributed by atoms with Gasteiger partial charge in [0.25, 0.3) is 0 Å². The molecule has 0 radical (unpaired) electrons. The molecule has 0 heterocycles. The normalized spacial score (nSPS) is 12.6. The zero-order valence-corrected chi connectivity index (χ0v) is 10.5. The first-order valence-corrected chi connectivity index (χ1v) is 6.17. The summed E-state index contributed by atoms with van der Waals surface area (Å²) in [5, 5.41) is 11.9. The molecule has 0 aromatic carbocycles. The second-order valence-corrected chi connectivity index (χ2v) is 4.13. The molecule has 0 spiro atoms. The topological polar surface area (TPSA) is 58.6 Å². The summed E-state index contributed by atoms with van der Waals surface area (Å²) in [5.74, 6) is -0.216. The molecule has 2 N–H and O–H groups in total. The molecule has 0 amide bonds. The van der Waals surface area contributed by atoms with Crippen LogP contribution in [0.5, 0.6) is 0 Å². The van der Waals surface area contributed by atoms with E-state index in [1.54, 1.807) is 0 Å². The first-order chi connectivity index (χ1) is 7.66. The van der Waals surface area contributed by atoms with Crippen molar-refractivity contribution in [2.24, 2.45) is 5.92 Å². The van der Waals surface area contributed by atoms with Crippen LogP contribution in [0, 0.1) is 5.92 Å². The molecule has 0 saturated carbocycles. The van der Waals surface area contributed by atoms with E-state index in [1.165, 1.54) is 0 Å². The fourth-order valence-electron chi connectivity index (χ4n) is 1.43. The highest BCUT2D eigenvalue weighted by molar-refractivity contribution is 5.66. The molecule has 0 aliphatic rings. The summed E-state index contributed by atoms with van der Waals surface area (Å²) in [6, 6.07) is 0. The van der Waals surface area contributed by atoms with Gasteiger partial charge < -0.3 is 15.2 Å². The molecule has 0 rings (SSSR count). The smallest absolute Gasteiger partial charge is 0.303 e. The van der Waals surface area contributed by atoms with E-state index in [9.17, 15) is 4.79 Å². The van der Waals surface area contributed by atoms with E-state index in [0.717, 1.165) is 45.6 Å². The minimum absolute atomic E-state index is 0.283. The summed E-state index contributed by atoms with van der Waals surface area (Å²) in [7, 11) is 0. The Morgan fingerprint density at radius 2 is 2.12 bits per heavy atom. The number of ether oxygens (including phenoxy) is 1. The zero-order chi connectivity index (χ0) is 12.2. The Labute approximate surface area is 98.4 Å². The standard InChI is InChI=1S/C12H25NO3/c1-3-16-10-4-8-13-9-7-11(2)5-6-12(14)15/h11,13H,3-10H2,1-2H3,(H,14,15). The first-order valence-electron chi connectivity index (χ1n) is 6.17. The van der Waals surface area contributed by atoms with E-state index in [-0.39, 0.29) is 6.42 Å². The lowest BCUT2D eigenvalue weighted by Crippen LogP contribution is -2.20. The van der Waals surface area contributed by atoms with Crippen LogP contribution in [0.2, 0.25) is 0 Å². The Hall–Kier alpha value is -0.610. The Balaban J connectivity index is 3.15. The van der Waals surface area contributed by atoms with Crippen molar-refractivity contribution in [3.63, 3.8) is 0 Å². The lowest BCUT2D eigenvalue weighted by molar-refractivity contribution is -0.137. The maximum absolute atomic E-state index is 10.4. The number of hydrogen-bond donors (Lipinski definition) is 2. The van der Waals surface area contributed by atoms with Gasteiger partial charge in [0.1, 0.15) is 0 Å². The monoisotopic (exact) mass is 231 g/mol. The summed E-state index contributed by atoms with van der Waals surface area (Å²) in [6.45, 7) is 7.64. The third kappa shape index (κ3) is 11.5. The van der Waals surface area contributed by atoms with Gasteiger partial charge in [0.05, 0.1) is 0 Å². The van der Waals surface area contributed by atoms with Gasteiger partial charge in [-0.3, -0.25) is 4.79 Å². The number of carboxylic acid groups (broad SMARTS) is 1. The van der Waals surface area contributed by atoms with Crippen molar-refractivity contribution >= 4 is 5.97 Å². The molecule has 96 valence electrons. The van der Waals surface area contributed by atoms with Crippen LogP contribution < -0.4 is 5.32 Å². The zero-order valence-electron chi connectivity index (χ0n) is 10.5. The van der Waals surface area contributed by atoms with Gasteiger partial charge in [-0.25, -0.2) is 0 Å². The minimum atomic E-state index is -0.698. The molecule has 0 aliphatic carbocycles. The van der Waals surface area contributed by atoms with Crippen LogP contribution in [0.15, 0.2) is 0 Å². The fraction of sp³-hybridized carbons (Fsp3) is 0.917. The lowest BCUT2D eigenvalue weighted by Gasteiger charge is -2.10. The van der Waals surface area contributed by atoms with Gasteiger partial charge >= 0.3 is 5.97 Å². The van der Waals surface area contributed by atoms with Crippen LogP contribution in [-0.2, 0) is 9.53 Å². The molecule has 1 unspecified atom stereocenters. The molecular weight excluding hydrogens is 206 g/mol. The molecule has 0 bridgehead atoms. The molecule has 16 heavy (non-hydrogen) atoms.